The highest BCUT2D eigenvalue weighted by atomic mass is 32.2. The molecule has 8 heteroatoms. The number of carbonyl (C=O) groups is 1. The van der Waals surface area contributed by atoms with E-state index in [4.69, 9.17) is 0 Å². The quantitative estimate of drug-likeness (QED) is 0.256. The van der Waals surface area contributed by atoms with E-state index in [1.54, 1.807) is 6.07 Å². The van der Waals surface area contributed by atoms with Crippen LogP contribution in [0.2, 0.25) is 0 Å². The highest BCUT2D eigenvalue weighted by Gasteiger charge is 2.24. The van der Waals surface area contributed by atoms with Crippen molar-refractivity contribution in [1.82, 2.24) is 0 Å². The van der Waals surface area contributed by atoms with E-state index in [9.17, 15) is 27.7 Å². The Labute approximate surface area is 163 Å². The number of sulfone groups is 1. The van der Waals surface area contributed by atoms with Gasteiger partial charge in [0.1, 0.15) is 12.1 Å². The highest BCUT2D eigenvalue weighted by Crippen LogP contribution is 2.25. The molecule has 1 unspecified atom stereocenters. The van der Waals surface area contributed by atoms with Crippen LogP contribution < -0.4 is 0 Å². The number of aldehydes is 1. The molecule has 2 aromatic carbocycles. The number of nitro groups is 1. The summed E-state index contributed by atoms with van der Waals surface area (Å²) in [7, 11) is -3.83. The van der Waals surface area contributed by atoms with Gasteiger partial charge in [-0.2, -0.15) is 0 Å². The van der Waals surface area contributed by atoms with E-state index in [2.05, 4.69) is 0 Å². The Bertz CT molecular complexity index is 959. The van der Waals surface area contributed by atoms with Crippen LogP contribution in [0.1, 0.15) is 37.3 Å². The number of hydrogen-bond donors (Lipinski definition) is 0. The first kappa shape index (κ1) is 21.7. The van der Waals surface area contributed by atoms with Crippen molar-refractivity contribution in [3.05, 3.63) is 69.5 Å². The lowest BCUT2D eigenvalue weighted by atomic mass is 10.0. The summed E-state index contributed by atoms with van der Waals surface area (Å²) in [5.41, 5.74) is 0.578. The van der Waals surface area contributed by atoms with E-state index in [0.717, 1.165) is 25.0 Å². The maximum atomic E-state index is 13.8. The van der Waals surface area contributed by atoms with Crippen molar-refractivity contribution in [2.75, 3.05) is 5.75 Å². The van der Waals surface area contributed by atoms with Crippen molar-refractivity contribution in [2.24, 2.45) is 5.92 Å². The van der Waals surface area contributed by atoms with E-state index in [1.807, 2.05) is 6.92 Å². The summed E-state index contributed by atoms with van der Waals surface area (Å²) < 4.78 is 39.5. The number of unbranched alkanes of at least 4 members (excludes halogenated alkanes) is 1. The summed E-state index contributed by atoms with van der Waals surface area (Å²) in [4.78, 5) is 21.6. The molecule has 6 nitrogen and oxygen atoms in total. The molecule has 0 saturated carbocycles. The van der Waals surface area contributed by atoms with Gasteiger partial charge in [-0.05, 0) is 42.2 Å². The summed E-state index contributed by atoms with van der Waals surface area (Å²) in [6.07, 6.45) is 2.73. The fraction of sp³-hybridized carbons (Fsp3) is 0.350. The molecule has 2 aromatic rings. The van der Waals surface area contributed by atoms with E-state index >= 15 is 0 Å². The highest BCUT2D eigenvalue weighted by molar-refractivity contribution is 7.91. The smallest absolute Gasteiger partial charge is 0.269 e. The number of hydrogen-bond acceptors (Lipinski definition) is 5. The third-order valence-corrected chi connectivity index (χ3v) is 6.36. The van der Waals surface area contributed by atoms with Gasteiger partial charge in [-0.1, -0.05) is 31.9 Å². The molecular formula is C20H22FNO5S. The maximum Gasteiger partial charge on any atom is 0.269 e. The first-order valence-electron chi connectivity index (χ1n) is 8.96. The number of non-ortho nitro benzene ring substituents is 1. The molecule has 0 aliphatic heterocycles. The maximum absolute atomic E-state index is 13.8. The minimum Gasteiger partial charge on any atom is -0.303 e. The largest absolute Gasteiger partial charge is 0.303 e. The molecule has 0 heterocycles. The zero-order chi connectivity index (χ0) is 20.7. The summed E-state index contributed by atoms with van der Waals surface area (Å²) >= 11 is 0. The second-order valence-corrected chi connectivity index (χ2v) is 8.68. The van der Waals surface area contributed by atoms with Crippen LogP contribution in [0.25, 0.3) is 0 Å². The van der Waals surface area contributed by atoms with E-state index in [1.165, 1.54) is 24.3 Å². The molecular weight excluding hydrogens is 385 g/mol. The number of benzene rings is 2. The number of nitrogens with zero attached hydrogens (tertiary/aromatic N) is 1. The molecule has 0 aliphatic carbocycles. The number of halogens is 1. The van der Waals surface area contributed by atoms with Gasteiger partial charge in [0.15, 0.2) is 9.84 Å². The topological polar surface area (TPSA) is 94.3 Å². The van der Waals surface area contributed by atoms with Crippen LogP contribution in [-0.4, -0.2) is 25.4 Å². The molecule has 0 radical (unpaired) electrons. The van der Waals surface area contributed by atoms with Crippen LogP contribution in [-0.2, 0) is 21.1 Å². The monoisotopic (exact) mass is 407 g/mol. The van der Waals surface area contributed by atoms with Crippen molar-refractivity contribution >= 4 is 21.8 Å². The van der Waals surface area contributed by atoms with Crippen molar-refractivity contribution in [1.29, 1.82) is 0 Å². The van der Waals surface area contributed by atoms with Gasteiger partial charge in [-0.25, -0.2) is 12.8 Å². The van der Waals surface area contributed by atoms with E-state index in [0.29, 0.717) is 18.3 Å². The average Bonchev–Trinajstić information content (AvgIpc) is 2.65. The van der Waals surface area contributed by atoms with Gasteiger partial charge in [0.2, 0.25) is 0 Å². The van der Waals surface area contributed by atoms with Crippen LogP contribution >= 0.6 is 0 Å². The van der Waals surface area contributed by atoms with Crippen molar-refractivity contribution < 1.29 is 22.5 Å². The lowest BCUT2D eigenvalue weighted by Gasteiger charge is -2.14. The van der Waals surface area contributed by atoms with Crippen LogP contribution in [0.4, 0.5) is 10.1 Å². The predicted octanol–water partition coefficient (Wildman–Crippen LogP) is 4.10. The molecule has 0 aliphatic rings. The van der Waals surface area contributed by atoms with Crippen molar-refractivity contribution in [3.8, 4) is 0 Å². The lowest BCUT2D eigenvalue weighted by molar-refractivity contribution is -0.384. The van der Waals surface area contributed by atoms with Gasteiger partial charge >= 0.3 is 0 Å². The SMILES string of the molecule is CCCCC(C=O)CS(=O)(=O)c1ccc(F)cc1Cc1cccc([N+](=O)[O-])c1. The molecule has 0 fully saturated rings. The first-order chi connectivity index (χ1) is 13.3. The second kappa shape index (κ2) is 9.54. The fourth-order valence-corrected chi connectivity index (χ4v) is 4.81. The Morgan fingerprint density at radius 1 is 1.21 bits per heavy atom. The van der Waals surface area contributed by atoms with E-state index in [-0.39, 0.29) is 28.3 Å². The minimum atomic E-state index is -3.83. The van der Waals surface area contributed by atoms with Gasteiger partial charge in [0, 0.05) is 18.1 Å². The zero-order valence-electron chi connectivity index (χ0n) is 15.5. The Morgan fingerprint density at radius 2 is 1.96 bits per heavy atom. The molecule has 1 atom stereocenters. The molecule has 2 rings (SSSR count). The van der Waals surface area contributed by atoms with Gasteiger partial charge in [-0.3, -0.25) is 10.1 Å². The fourth-order valence-electron chi connectivity index (χ4n) is 3.02. The Morgan fingerprint density at radius 3 is 2.61 bits per heavy atom. The zero-order valence-corrected chi connectivity index (χ0v) is 16.3. The summed E-state index contributed by atoms with van der Waals surface area (Å²) in [6, 6.07) is 9.14. The third kappa shape index (κ3) is 5.69. The Kier molecular flexibility index (Phi) is 7.39. The molecule has 150 valence electrons. The predicted molar refractivity (Wildman–Crippen MR) is 103 cm³/mol. The standard InChI is InChI=1S/C20H22FNO5S/c1-2-3-5-16(13-23)14-28(26,27)20-9-8-18(21)12-17(20)10-15-6-4-7-19(11-15)22(24)25/h4,6-9,11-13,16H,2-3,5,10,14H2,1H3. The number of nitro benzene ring substituents is 1. The molecule has 0 spiro atoms. The van der Waals surface area contributed by atoms with Gasteiger partial charge in [-0.15, -0.1) is 0 Å². The molecule has 0 N–H and O–H groups in total. The minimum absolute atomic E-state index is 0.0225. The third-order valence-electron chi connectivity index (χ3n) is 4.43. The number of rotatable bonds is 10. The van der Waals surface area contributed by atoms with Crippen LogP contribution in [0.5, 0.6) is 0 Å². The number of carbonyl (C=O) groups excluding carboxylic acids is 1. The average molecular weight is 407 g/mol. The van der Waals surface area contributed by atoms with Gasteiger partial charge in [0.05, 0.1) is 15.6 Å². The molecule has 28 heavy (non-hydrogen) atoms. The first-order valence-corrected chi connectivity index (χ1v) is 10.6. The van der Waals surface area contributed by atoms with Gasteiger partial charge in [0.25, 0.3) is 5.69 Å². The van der Waals surface area contributed by atoms with Crippen molar-refractivity contribution in [3.63, 3.8) is 0 Å². The Balaban J connectivity index is 2.37. The second-order valence-electron chi connectivity index (χ2n) is 6.68. The molecule has 0 saturated heterocycles. The Hall–Kier alpha value is -2.61. The van der Waals surface area contributed by atoms with Crippen molar-refractivity contribution in [2.45, 2.75) is 37.5 Å². The summed E-state index contributed by atoms with van der Waals surface area (Å²) in [6.45, 7) is 1.95. The molecule has 0 amide bonds. The van der Waals surface area contributed by atoms with Gasteiger partial charge < -0.3 is 4.79 Å². The summed E-state index contributed by atoms with van der Waals surface area (Å²) in [5.74, 6) is -1.57. The summed E-state index contributed by atoms with van der Waals surface area (Å²) in [5, 5.41) is 10.9. The normalized spacial score (nSPS) is 12.5. The van der Waals surface area contributed by atoms with Crippen LogP contribution in [0.15, 0.2) is 47.4 Å². The molecule has 0 bridgehead atoms. The van der Waals surface area contributed by atoms with E-state index < -0.39 is 26.5 Å². The lowest BCUT2D eigenvalue weighted by Crippen LogP contribution is -2.19. The molecule has 0 aromatic heterocycles. The van der Waals surface area contributed by atoms with Crippen LogP contribution in [0.3, 0.4) is 0 Å². The van der Waals surface area contributed by atoms with Crippen LogP contribution in [0, 0.1) is 21.8 Å².